The lowest BCUT2D eigenvalue weighted by Gasteiger charge is -2.26. The molecular formula is C19H38N8O6. The van der Waals surface area contributed by atoms with Crippen LogP contribution >= 0.6 is 0 Å². The molecule has 190 valence electrons. The molecule has 3 atom stereocenters. The second kappa shape index (κ2) is 16.6. The molecule has 0 rings (SSSR count). The SMILES string of the molecule is CCC[C@H](NC(=O)[C@H](CCCN=C(N)N)N(C(=O)[C@@H](N)CCCCN)[N+](=O)[O-])C(=O)OCC. The van der Waals surface area contributed by atoms with Crippen molar-refractivity contribution in [3.63, 3.8) is 0 Å². The van der Waals surface area contributed by atoms with Crippen LogP contribution in [-0.2, 0) is 19.1 Å². The third-order valence-corrected chi connectivity index (χ3v) is 4.68. The molecule has 0 aliphatic carbocycles. The lowest BCUT2D eigenvalue weighted by atomic mass is 10.1. The van der Waals surface area contributed by atoms with Gasteiger partial charge < -0.3 is 33.0 Å². The first kappa shape index (κ1) is 30.0. The number of nitrogens with zero attached hydrogens (tertiary/aromatic N) is 3. The van der Waals surface area contributed by atoms with Gasteiger partial charge in [0.15, 0.2) is 17.0 Å². The zero-order valence-electron chi connectivity index (χ0n) is 19.4. The highest BCUT2D eigenvalue weighted by Gasteiger charge is 2.41. The van der Waals surface area contributed by atoms with Crippen molar-refractivity contribution in [2.75, 3.05) is 19.7 Å². The van der Waals surface area contributed by atoms with Gasteiger partial charge in [-0.2, -0.15) is 0 Å². The number of carbonyl (C=O) groups excluding carboxylic acids is 3. The summed E-state index contributed by atoms with van der Waals surface area (Å²) in [6.07, 6.45) is 2.10. The standard InChI is InChI=1S/C19H38N8O6/c1-3-8-14(18(30)33-4-2)25-16(28)15(10-7-12-24-19(22)23)26(27(31)32)17(29)13(21)9-5-6-11-20/h13-15H,3-12,20-21H2,1-2H3,(H,25,28)(H4,22,23,24)/t13-,14-,15-/m0/s1. The molecule has 0 saturated carbocycles. The summed E-state index contributed by atoms with van der Waals surface area (Å²) in [5.41, 5.74) is 21.9. The highest BCUT2D eigenvalue weighted by molar-refractivity contribution is 5.91. The number of amides is 2. The van der Waals surface area contributed by atoms with Crippen molar-refractivity contribution in [3.8, 4) is 0 Å². The molecule has 9 N–H and O–H groups in total. The predicted octanol–water partition coefficient (Wildman–Crippen LogP) is -1.27. The molecule has 0 saturated heterocycles. The third-order valence-electron chi connectivity index (χ3n) is 4.68. The molecule has 33 heavy (non-hydrogen) atoms. The van der Waals surface area contributed by atoms with Gasteiger partial charge in [-0.15, -0.1) is 0 Å². The Morgan fingerprint density at radius 3 is 2.30 bits per heavy atom. The zero-order chi connectivity index (χ0) is 25.4. The fourth-order valence-corrected chi connectivity index (χ4v) is 3.06. The molecule has 0 aliphatic rings. The smallest absolute Gasteiger partial charge is 0.328 e. The Bertz CT molecular complexity index is 671. The quantitative estimate of drug-likeness (QED) is 0.0418. The Balaban J connectivity index is 5.76. The number of carbonyl (C=O) groups is 3. The molecule has 0 aliphatic heterocycles. The number of guanidine groups is 1. The van der Waals surface area contributed by atoms with Gasteiger partial charge in [0.25, 0.3) is 0 Å². The average molecular weight is 475 g/mol. The summed E-state index contributed by atoms with van der Waals surface area (Å²) in [7, 11) is 0. The summed E-state index contributed by atoms with van der Waals surface area (Å²) >= 11 is 0. The van der Waals surface area contributed by atoms with E-state index in [9.17, 15) is 24.5 Å². The summed E-state index contributed by atoms with van der Waals surface area (Å²) in [4.78, 5) is 53.6. The van der Waals surface area contributed by atoms with Crippen molar-refractivity contribution in [2.24, 2.45) is 27.9 Å². The number of unbranched alkanes of at least 4 members (excludes halogenated alkanes) is 1. The minimum Gasteiger partial charge on any atom is -0.464 e. The number of esters is 1. The van der Waals surface area contributed by atoms with E-state index in [-0.39, 0.29) is 49.8 Å². The number of ether oxygens (including phenoxy) is 1. The minimum atomic E-state index is -1.53. The van der Waals surface area contributed by atoms with Gasteiger partial charge in [0.1, 0.15) is 6.04 Å². The van der Waals surface area contributed by atoms with Crippen LogP contribution in [0.2, 0.25) is 0 Å². The normalized spacial score (nSPS) is 13.3. The van der Waals surface area contributed by atoms with Crippen molar-refractivity contribution in [2.45, 2.75) is 76.9 Å². The maximum atomic E-state index is 13.0. The van der Waals surface area contributed by atoms with E-state index in [4.69, 9.17) is 27.7 Å². The molecular weight excluding hydrogens is 436 g/mol. The minimum absolute atomic E-state index is 0.0880. The Kier molecular flexibility index (Phi) is 15.1. The number of rotatable bonds is 17. The lowest BCUT2D eigenvalue weighted by Crippen LogP contribution is -2.58. The maximum absolute atomic E-state index is 13.0. The zero-order valence-corrected chi connectivity index (χ0v) is 19.4. The van der Waals surface area contributed by atoms with Gasteiger partial charge in [-0.25, -0.2) is 14.9 Å². The number of hydrogen-bond donors (Lipinski definition) is 5. The summed E-state index contributed by atoms with van der Waals surface area (Å²) < 4.78 is 4.97. The van der Waals surface area contributed by atoms with Crippen molar-refractivity contribution < 1.29 is 24.2 Å². The molecule has 14 nitrogen and oxygen atoms in total. The Morgan fingerprint density at radius 2 is 1.79 bits per heavy atom. The molecule has 2 amide bonds. The van der Waals surface area contributed by atoms with E-state index in [0.717, 1.165) is 0 Å². The molecule has 0 unspecified atom stereocenters. The molecule has 0 aromatic carbocycles. The largest absolute Gasteiger partial charge is 0.464 e. The van der Waals surface area contributed by atoms with E-state index in [2.05, 4.69) is 10.3 Å². The van der Waals surface area contributed by atoms with Gasteiger partial charge in [-0.05, 0) is 50.6 Å². The Hall–Kier alpha value is -3.00. The topological polar surface area (TPSA) is 235 Å². The van der Waals surface area contributed by atoms with Crippen LogP contribution in [-0.4, -0.2) is 71.6 Å². The molecule has 14 heteroatoms. The van der Waals surface area contributed by atoms with Crippen molar-refractivity contribution in [1.82, 2.24) is 10.3 Å². The molecule has 0 aromatic rings. The first-order valence-corrected chi connectivity index (χ1v) is 11.1. The van der Waals surface area contributed by atoms with Crippen LogP contribution in [0, 0.1) is 10.1 Å². The molecule has 0 bridgehead atoms. The van der Waals surface area contributed by atoms with E-state index in [1.807, 2.05) is 0 Å². The van der Waals surface area contributed by atoms with Gasteiger partial charge in [-0.1, -0.05) is 19.8 Å². The number of nitrogens with two attached hydrogens (primary N) is 4. The second-order valence-electron chi connectivity index (χ2n) is 7.38. The average Bonchev–Trinajstić information content (AvgIpc) is 2.74. The van der Waals surface area contributed by atoms with E-state index in [1.54, 1.807) is 13.8 Å². The van der Waals surface area contributed by atoms with E-state index in [0.29, 0.717) is 25.8 Å². The first-order chi connectivity index (χ1) is 15.6. The fraction of sp³-hybridized carbons (Fsp3) is 0.789. The van der Waals surface area contributed by atoms with Gasteiger partial charge in [0, 0.05) is 6.54 Å². The molecule has 0 fully saturated rings. The summed E-state index contributed by atoms with van der Waals surface area (Å²) in [5.74, 6) is -2.72. The van der Waals surface area contributed by atoms with Crippen LogP contribution in [0.25, 0.3) is 0 Å². The van der Waals surface area contributed by atoms with Gasteiger partial charge in [0.05, 0.1) is 12.6 Å². The first-order valence-electron chi connectivity index (χ1n) is 11.1. The second-order valence-corrected chi connectivity index (χ2v) is 7.38. The van der Waals surface area contributed by atoms with E-state index in [1.165, 1.54) is 0 Å². The molecule has 0 aromatic heterocycles. The number of hydrogen-bond acceptors (Lipinski definition) is 9. The highest BCUT2D eigenvalue weighted by Crippen LogP contribution is 2.14. The number of nitrogens with one attached hydrogen (secondary N) is 1. The van der Waals surface area contributed by atoms with Crippen LogP contribution in [0.5, 0.6) is 0 Å². The van der Waals surface area contributed by atoms with Crippen LogP contribution < -0.4 is 28.3 Å². The lowest BCUT2D eigenvalue weighted by molar-refractivity contribution is -0.640. The van der Waals surface area contributed by atoms with Crippen LogP contribution in [0.3, 0.4) is 0 Å². The molecule has 0 heterocycles. The van der Waals surface area contributed by atoms with Crippen LogP contribution in [0.4, 0.5) is 0 Å². The predicted molar refractivity (Wildman–Crippen MR) is 122 cm³/mol. The van der Waals surface area contributed by atoms with E-state index < -0.39 is 40.9 Å². The molecule has 0 spiro atoms. The maximum Gasteiger partial charge on any atom is 0.328 e. The van der Waals surface area contributed by atoms with E-state index >= 15 is 0 Å². The van der Waals surface area contributed by atoms with Crippen molar-refractivity contribution in [3.05, 3.63) is 10.1 Å². The summed E-state index contributed by atoms with van der Waals surface area (Å²) in [5, 5.41) is 13.6. The highest BCUT2D eigenvalue weighted by atomic mass is 16.7. The van der Waals surface area contributed by atoms with Crippen LogP contribution in [0.1, 0.15) is 58.8 Å². The monoisotopic (exact) mass is 474 g/mol. The number of hydrazine groups is 1. The van der Waals surface area contributed by atoms with Crippen molar-refractivity contribution >= 4 is 23.7 Å². The summed E-state index contributed by atoms with van der Waals surface area (Å²) in [6.45, 7) is 4.01. The Labute approximate surface area is 193 Å². The van der Waals surface area contributed by atoms with Crippen LogP contribution in [0.15, 0.2) is 4.99 Å². The van der Waals surface area contributed by atoms with Crippen molar-refractivity contribution in [1.29, 1.82) is 0 Å². The Morgan fingerprint density at radius 1 is 1.12 bits per heavy atom. The van der Waals surface area contributed by atoms with Gasteiger partial charge in [0.2, 0.25) is 5.91 Å². The third kappa shape index (κ3) is 11.4. The molecule has 0 radical (unpaired) electrons. The fourth-order valence-electron chi connectivity index (χ4n) is 3.06. The number of aliphatic imine (C=N–C) groups is 1. The van der Waals surface area contributed by atoms with Gasteiger partial charge >= 0.3 is 11.9 Å². The number of nitro groups is 1. The van der Waals surface area contributed by atoms with Gasteiger partial charge in [-0.3, -0.25) is 14.6 Å². The summed E-state index contributed by atoms with van der Waals surface area (Å²) in [6, 6.07) is -3.73.